The Labute approximate surface area is 188 Å². The van der Waals surface area contributed by atoms with Gasteiger partial charge in [0, 0.05) is 0 Å². The fourth-order valence-corrected chi connectivity index (χ4v) is 24.8. The zero-order valence-corrected chi connectivity index (χ0v) is 23.9. The van der Waals surface area contributed by atoms with Crippen molar-refractivity contribution in [2.45, 2.75) is 71.2 Å². The van der Waals surface area contributed by atoms with Crippen LogP contribution >= 0.6 is 0 Å². The fourth-order valence-electron chi connectivity index (χ4n) is 7.64. The molecule has 0 saturated carbocycles. The molecule has 4 bridgehead atoms. The molecule has 2 atom stereocenters. The summed E-state index contributed by atoms with van der Waals surface area (Å²) >= 11 is -2.67. The predicted molar refractivity (Wildman–Crippen MR) is 132 cm³/mol. The topological polar surface area (TPSA) is 0 Å². The summed E-state index contributed by atoms with van der Waals surface area (Å²) in [6.45, 7) is 19.5. The van der Waals surface area contributed by atoms with Crippen molar-refractivity contribution in [3.63, 3.8) is 0 Å². The third kappa shape index (κ3) is 2.42. The SMILES string of the molecule is CC1=C2c3cc(C)c(C)cc3[CH]1[Zr]([CH3])([CH3])[CH]1C(C)=C(c3cc(C)c(C)cc31)[Si]2(C)C. The Hall–Kier alpha value is -0.980. The molecule has 1 heterocycles. The van der Waals surface area contributed by atoms with Crippen LogP contribution in [0.1, 0.15) is 65.6 Å². The molecule has 30 heavy (non-hydrogen) atoms. The maximum absolute atomic E-state index is 2.75. The molecule has 2 unspecified atom stereocenters. The molecule has 2 aliphatic carbocycles. The van der Waals surface area contributed by atoms with E-state index in [1.807, 2.05) is 0 Å². The number of rotatable bonds is 0. The summed E-state index contributed by atoms with van der Waals surface area (Å²) in [5, 5.41) is 3.54. The molecule has 0 aromatic heterocycles. The molecule has 156 valence electrons. The van der Waals surface area contributed by atoms with Crippen LogP contribution < -0.4 is 0 Å². The zero-order valence-electron chi connectivity index (χ0n) is 20.5. The second-order valence-electron chi connectivity index (χ2n) is 11.5. The third-order valence-electron chi connectivity index (χ3n) is 8.89. The fraction of sp³-hybridized carbons (Fsp3) is 0.429. The monoisotopic (exact) mass is 490 g/mol. The molecule has 3 aliphatic rings. The minimum absolute atomic E-state index is 0.712. The van der Waals surface area contributed by atoms with Crippen molar-refractivity contribution in [3.05, 3.63) is 79.9 Å². The average Bonchev–Trinajstić information content (AvgIpc) is 3.07. The summed E-state index contributed by atoms with van der Waals surface area (Å²) in [5.74, 6) is 0. The van der Waals surface area contributed by atoms with Crippen LogP contribution in [-0.4, -0.2) is 8.07 Å². The van der Waals surface area contributed by atoms with Gasteiger partial charge in [0.1, 0.15) is 0 Å². The van der Waals surface area contributed by atoms with Gasteiger partial charge in [0.05, 0.1) is 0 Å². The Balaban J connectivity index is 1.92. The van der Waals surface area contributed by atoms with Crippen molar-refractivity contribution in [2.24, 2.45) is 0 Å². The van der Waals surface area contributed by atoms with Crippen LogP contribution in [0.15, 0.2) is 35.4 Å². The van der Waals surface area contributed by atoms with E-state index < -0.39 is 28.3 Å². The summed E-state index contributed by atoms with van der Waals surface area (Å²) in [7, 11) is -1.83. The van der Waals surface area contributed by atoms with Gasteiger partial charge in [0.2, 0.25) is 0 Å². The van der Waals surface area contributed by atoms with Crippen LogP contribution in [-0.2, 0) is 20.3 Å². The molecule has 0 nitrogen and oxygen atoms in total. The van der Waals surface area contributed by atoms with Gasteiger partial charge in [-0.15, -0.1) is 0 Å². The second kappa shape index (κ2) is 6.29. The minimum atomic E-state index is -2.67. The molecule has 2 aromatic rings. The number of hydrogen-bond acceptors (Lipinski definition) is 0. The Bertz CT molecular complexity index is 1110. The first-order valence-corrected chi connectivity index (χ1v) is 22.3. The number of allylic oxidation sites excluding steroid dienone is 2. The van der Waals surface area contributed by atoms with E-state index in [1.54, 1.807) is 43.8 Å². The quantitative estimate of drug-likeness (QED) is 0.325. The van der Waals surface area contributed by atoms with Crippen molar-refractivity contribution in [3.8, 4) is 0 Å². The van der Waals surface area contributed by atoms with Crippen LogP contribution in [0.4, 0.5) is 0 Å². The van der Waals surface area contributed by atoms with Crippen LogP contribution in [0.3, 0.4) is 0 Å². The number of fused-ring (bicyclic) bond motifs is 8. The van der Waals surface area contributed by atoms with Gasteiger partial charge in [-0.05, 0) is 0 Å². The molecule has 0 amide bonds. The van der Waals surface area contributed by atoms with Gasteiger partial charge >= 0.3 is 190 Å². The van der Waals surface area contributed by atoms with E-state index >= 15 is 0 Å². The van der Waals surface area contributed by atoms with Gasteiger partial charge < -0.3 is 0 Å². The summed E-state index contributed by atoms with van der Waals surface area (Å²) in [5.41, 5.74) is 16.0. The Morgan fingerprint density at radius 3 is 1.30 bits per heavy atom. The van der Waals surface area contributed by atoms with E-state index in [0.29, 0.717) is 7.25 Å². The third-order valence-corrected chi connectivity index (χ3v) is 23.7. The van der Waals surface area contributed by atoms with Gasteiger partial charge in [-0.25, -0.2) is 0 Å². The van der Waals surface area contributed by atoms with Crippen molar-refractivity contribution in [2.75, 3.05) is 0 Å². The maximum atomic E-state index is 2.75. The molecule has 1 aliphatic heterocycles. The molecule has 0 spiro atoms. The Morgan fingerprint density at radius 1 is 0.600 bits per heavy atom. The van der Waals surface area contributed by atoms with Crippen LogP contribution in [0, 0.1) is 27.7 Å². The van der Waals surface area contributed by atoms with E-state index in [-0.39, 0.29) is 0 Å². The van der Waals surface area contributed by atoms with Gasteiger partial charge in [0.25, 0.3) is 0 Å². The van der Waals surface area contributed by atoms with Crippen molar-refractivity contribution in [1.82, 2.24) is 0 Å². The zero-order chi connectivity index (χ0) is 21.9. The second-order valence-corrected chi connectivity index (χ2v) is 27.5. The molecule has 2 aromatic carbocycles. The van der Waals surface area contributed by atoms with Crippen LogP contribution in [0.2, 0.25) is 22.4 Å². The number of hydrogen-bond donors (Lipinski definition) is 0. The van der Waals surface area contributed by atoms with Crippen molar-refractivity contribution < 1.29 is 20.3 Å². The standard InChI is InChI=1S/C26H30Si.2CH3.Zr/c1-15-9-21-11-19(5)25(23(21)13-17(15)3)27(7,8)26-20(6)12-22-10-16(2)18(4)14-24(22)26;;;/h9-14H,1-8H3;2*1H3;. The van der Waals surface area contributed by atoms with Crippen molar-refractivity contribution in [1.29, 1.82) is 0 Å². The van der Waals surface area contributed by atoms with Crippen molar-refractivity contribution >= 4 is 18.5 Å². The Kier molecular flexibility index (Phi) is 4.38. The summed E-state index contributed by atoms with van der Waals surface area (Å²) in [6.07, 6.45) is 0. The summed E-state index contributed by atoms with van der Waals surface area (Å²) in [4.78, 5) is 0. The van der Waals surface area contributed by atoms with Gasteiger partial charge in [-0.3, -0.25) is 0 Å². The van der Waals surface area contributed by atoms with Crippen LogP contribution in [0.5, 0.6) is 0 Å². The molecule has 0 N–H and O–H groups in total. The van der Waals surface area contributed by atoms with Gasteiger partial charge in [0.15, 0.2) is 0 Å². The Morgan fingerprint density at radius 2 is 0.933 bits per heavy atom. The van der Waals surface area contributed by atoms with Gasteiger partial charge in [-0.1, -0.05) is 0 Å². The van der Waals surface area contributed by atoms with E-state index in [4.69, 9.17) is 0 Å². The van der Waals surface area contributed by atoms with E-state index in [2.05, 4.69) is 88.2 Å². The predicted octanol–water partition coefficient (Wildman–Crippen LogP) is 8.33. The van der Waals surface area contributed by atoms with Crippen LogP contribution in [0.25, 0.3) is 10.4 Å². The molecule has 0 radical (unpaired) electrons. The molecule has 2 heteroatoms. The molecular weight excluding hydrogens is 456 g/mol. The average molecular weight is 492 g/mol. The first-order valence-electron chi connectivity index (χ1n) is 11.5. The first kappa shape index (κ1) is 20.9. The molecule has 0 fully saturated rings. The molecular formula is C28H36SiZr. The van der Waals surface area contributed by atoms with Gasteiger partial charge in [-0.2, -0.15) is 0 Å². The number of benzene rings is 2. The number of aryl methyl sites for hydroxylation is 4. The first-order chi connectivity index (χ1) is 13.9. The van der Waals surface area contributed by atoms with E-state index in [9.17, 15) is 0 Å². The normalized spacial score (nSPS) is 25.3. The van der Waals surface area contributed by atoms with E-state index in [1.165, 1.54) is 22.3 Å². The molecule has 5 rings (SSSR count). The summed E-state index contributed by atoms with van der Waals surface area (Å²) < 4.78 is 6.93. The molecule has 0 saturated heterocycles. The summed E-state index contributed by atoms with van der Waals surface area (Å²) in [6, 6.07) is 10.3. The van der Waals surface area contributed by atoms with E-state index in [0.717, 1.165) is 0 Å².